The molecule has 4 aromatic rings. The molecule has 3 amide bonds. The summed E-state index contributed by atoms with van der Waals surface area (Å²) in [6.45, 7) is 3.82. The highest BCUT2D eigenvalue weighted by Gasteiger charge is 2.39. The molecule has 228 valence electrons. The molecular formula is C35H30ClN3O6. The fourth-order valence-electron chi connectivity index (χ4n) is 5.46. The van der Waals surface area contributed by atoms with Gasteiger partial charge in [-0.1, -0.05) is 74.0 Å². The minimum atomic E-state index is -1.11. The van der Waals surface area contributed by atoms with E-state index >= 15 is 0 Å². The van der Waals surface area contributed by atoms with E-state index in [0.717, 1.165) is 11.1 Å². The van der Waals surface area contributed by atoms with Gasteiger partial charge in [-0.2, -0.15) is 0 Å². The van der Waals surface area contributed by atoms with Crippen molar-refractivity contribution in [3.05, 3.63) is 118 Å². The molecule has 0 saturated heterocycles. The van der Waals surface area contributed by atoms with Crippen LogP contribution in [0.4, 0.5) is 11.4 Å². The van der Waals surface area contributed by atoms with Crippen molar-refractivity contribution in [1.29, 1.82) is 0 Å². The van der Waals surface area contributed by atoms with Crippen molar-refractivity contribution in [3.63, 3.8) is 0 Å². The van der Waals surface area contributed by atoms with Gasteiger partial charge in [0.05, 0.1) is 11.3 Å². The van der Waals surface area contributed by atoms with Crippen molar-refractivity contribution in [1.82, 2.24) is 4.90 Å². The number of halogens is 1. The molecule has 0 radical (unpaired) electrons. The van der Waals surface area contributed by atoms with Crippen LogP contribution in [-0.4, -0.2) is 41.7 Å². The fraction of sp³-hybridized carbons (Fsp3) is 0.200. The number of rotatable bonds is 9. The number of para-hydroxylation sites is 1. The quantitative estimate of drug-likeness (QED) is 0.225. The second-order valence-corrected chi connectivity index (χ2v) is 11.6. The number of nitrogens with one attached hydrogen (secondary N) is 1. The number of ketones is 1. The van der Waals surface area contributed by atoms with Crippen molar-refractivity contribution in [3.8, 4) is 11.5 Å². The third-order valence-corrected chi connectivity index (χ3v) is 8.13. The van der Waals surface area contributed by atoms with Gasteiger partial charge >= 0.3 is 0 Å². The number of fused-ring (bicyclic) bond motifs is 2. The average molecular weight is 624 g/mol. The van der Waals surface area contributed by atoms with Crippen LogP contribution in [0, 0.1) is 0 Å². The summed E-state index contributed by atoms with van der Waals surface area (Å²) in [6, 6.07) is 25.0. The first kappa shape index (κ1) is 29.9. The standard InChI is InChI=1S/C35H30ClN3O6/c1-21(2)23-9-11-24(12-10-23)32(34(42)37-26-15-16-29-30(17-26)45-20-44-29)39(18-22-7-13-25(36)14-8-22)31(40)19-38-28-6-4-3-5-27(28)33(41)35(38)43/h3-17,21,32H,18-20H2,1-2H3,(H,37,42). The van der Waals surface area contributed by atoms with Gasteiger partial charge in [0, 0.05) is 23.3 Å². The highest BCUT2D eigenvalue weighted by Crippen LogP contribution is 2.36. The van der Waals surface area contributed by atoms with Gasteiger partial charge in [-0.3, -0.25) is 24.1 Å². The Labute approximate surface area is 265 Å². The van der Waals surface area contributed by atoms with E-state index in [1.165, 1.54) is 9.80 Å². The van der Waals surface area contributed by atoms with Crippen molar-refractivity contribution in [2.24, 2.45) is 0 Å². The number of benzene rings is 4. The Morgan fingerprint density at radius 3 is 2.31 bits per heavy atom. The number of amides is 3. The van der Waals surface area contributed by atoms with Crippen molar-refractivity contribution < 1.29 is 28.7 Å². The van der Waals surface area contributed by atoms with Crippen LogP contribution in [-0.2, 0) is 20.9 Å². The second kappa shape index (κ2) is 12.5. The van der Waals surface area contributed by atoms with Crippen LogP contribution in [0.5, 0.6) is 11.5 Å². The Morgan fingerprint density at radius 2 is 1.58 bits per heavy atom. The largest absolute Gasteiger partial charge is 0.454 e. The van der Waals surface area contributed by atoms with Crippen LogP contribution in [0.2, 0.25) is 5.02 Å². The molecule has 1 unspecified atom stereocenters. The molecule has 1 N–H and O–H groups in total. The summed E-state index contributed by atoms with van der Waals surface area (Å²) in [5.74, 6) is -1.15. The maximum atomic E-state index is 14.3. The van der Waals surface area contributed by atoms with E-state index in [1.54, 1.807) is 66.7 Å². The number of carbonyl (C=O) groups is 4. The maximum Gasteiger partial charge on any atom is 0.299 e. The summed E-state index contributed by atoms with van der Waals surface area (Å²) in [5.41, 5.74) is 3.42. The second-order valence-electron chi connectivity index (χ2n) is 11.2. The number of ether oxygens (including phenoxy) is 2. The van der Waals surface area contributed by atoms with Gasteiger partial charge in [0.2, 0.25) is 12.7 Å². The van der Waals surface area contributed by atoms with Gasteiger partial charge in [-0.25, -0.2) is 0 Å². The van der Waals surface area contributed by atoms with Gasteiger partial charge in [-0.15, -0.1) is 0 Å². The Bertz CT molecular complexity index is 1790. The summed E-state index contributed by atoms with van der Waals surface area (Å²) in [5, 5.41) is 3.46. The number of carbonyl (C=O) groups excluding carboxylic acids is 4. The van der Waals surface area contributed by atoms with Crippen LogP contribution < -0.4 is 19.7 Å². The molecule has 0 spiro atoms. The van der Waals surface area contributed by atoms with Crippen LogP contribution >= 0.6 is 11.6 Å². The zero-order chi connectivity index (χ0) is 31.7. The number of nitrogens with zero attached hydrogens (tertiary/aromatic N) is 2. The molecule has 9 nitrogen and oxygen atoms in total. The first-order valence-corrected chi connectivity index (χ1v) is 14.9. The Kier molecular flexibility index (Phi) is 8.28. The van der Waals surface area contributed by atoms with Gasteiger partial charge in [0.15, 0.2) is 11.5 Å². The zero-order valence-electron chi connectivity index (χ0n) is 24.7. The minimum absolute atomic E-state index is 0.0266. The van der Waals surface area contributed by atoms with Crippen molar-refractivity contribution >= 4 is 46.5 Å². The lowest BCUT2D eigenvalue weighted by Crippen LogP contribution is -2.46. The Morgan fingerprint density at radius 1 is 0.889 bits per heavy atom. The van der Waals surface area contributed by atoms with E-state index in [2.05, 4.69) is 19.2 Å². The van der Waals surface area contributed by atoms with Crippen LogP contribution in [0.15, 0.2) is 91.0 Å². The van der Waals surface area contributed by atoms with Crippen LogP contribution in [0.1, 0.15) is 52.9 Å². The topological polar surface area (TPSA) is 105 Å². The van der Waals surface area contributed by atoms with Gasteiger partial charge in [0.1, 0.15) is 12.6 Å². The highest BCUT2D eigenvalue weighted by molar-refractivity contribution is 6.52. The van der Waals surface area contributed by atoms with Crippen LogP contribution in [0.3, 0.4) is 0 Å². The smallest absolute Gasteiger partial charge is 0.299 e. The molecular weight excluding hydrogens is 594 g/mol. The summed E-state index contributed by atoms with van der Waals surface area (Å²) in [4.78, 5) is 56.9. The summed E-state index contributed by atoms with van der Waals surface area (Å²) >= 11 is 6.14. The molecule has 0 aromatic heterocycles. The van der Waals surface area contributed by atoms with E-state index < -0.39 is 36.1 Å². The molecule has 2 heterocycles. The van der Waals surface area contributed by atoms with E-state index in [9.17, 15) is 19.2 Å². The van der Waals surface area contributed by atoms with Crippen molar-refractivity contribution in [2.45, 2.75) is 32.4 Å². The molecule has 0 aliphatic carbocycles. The molecule has 0 saturated carbocycles. The summed E-state index contributed by atoms with van der Waals surface area (Å²) in [6.07, 6.45) is 0. The normalized spacial score (nSPS) is 14.0. The van der Waals surface area contributed by atoms with E-state index in [1.807, 2.05) is 24.3 Å². The molecule has 0 fully saturated rings. The molecule has 45 heavy (non-hydrogen) atoms. The number of hydrogen-bond acceptors (Lipinski definition) is 6. The number of anilines is 2. The van der Waals surface area contributed by atoms with E-state index in [-0.39, 0.29) is 24.8 Å². The molecule has 4 aromatic carbocycles. The Balaban J connectivity index is 1.39. The van der Waals surface area contributed by atoms with Gasteiger partial charge in [-0.05, 0) is 59.0 Å². The molecule has 10 heteroatoms. The minimum Gasteiger partial charge on any atom is -0.454 e. The van der Waals surface area contributed by atoms with E-state index in [4.69, 9.17) is 21.1 Å². The number of Topliss-reactive ketones (excluding diaryl/α,β-unsaturated/α-hetero) is 1. The lowest BCUT2D eigenvalue weighted by atomic mass is 9.97. The Hall–Kier alpha value is -5.15. The average Bonchev–Trinajstić information content (AvgIpc) is 3.60. The summed E-state index contributed by atoms with van der Waals surface area (Å²) in [7, 11) is 0. The van der Waals surface area contributed by atoms with Gasteiger partial charge in [0.25, 0.3) is 17.6 Å². The number of hydrogen-bond donors (Lipinski definition) is 1. The predicted molar refractivity (Wildman–Crippen MR) is 170 cm³/mol. The first-order chi connectivity index (χ1) is 21.7. The molecule has 6 rings (SSSR count). The summed E-state index contributed by atoms with van der Waals surface area (Å²) < 4.78 is 10.9. The zero-order valence-corrected chi connectivity index (χ0v) is 25.4. The van der Waals surface area contributed by atoms with Gasteiger partial charge < -0.3 is 19.7 Å². The monoisotopic (exact) mass is 623 g/mol. The maximum absolute atomic E-state index is 14.3. The molecule has 0 bridgehead atoms. The third-order valence-electron chi connectivity index (χ3n) is 7.88. The SMILES string of the molecule is CC(C)c1ccc(C(C(=O)Nc2ccc3c(c2)OCO3)N(Cc2ccc(Cl)cc2)C(=O)CN2C(=O)C(=O)c3ccccc32)cc1. The molecule has 2 aliphatic rings. The van der Waals surface area contributed by atoms with Crippen molar-refractivity contribution in [2.75, 3.05) is 23.6 Å². The van der Waals surface area contributed by atoms with E-state index in [0.29, 0.717) is 33.5 Å². The highest BCUT2D eigenvalue weighted by atomic mass is 35.5. The first-order valence-electron chi connectivity index (χ1n) is 14.5. The molecule has 2 aliphatic heterocycles. The fourth-order valence-corrected chi connectivity index (χ4v) is 5.59. The lowest BCUT2D eigenvalue weighted by molar-refractivity contribution is -0.139. The molecule has 1 atom stereocenters. The predicted octanol–water partition coefficient (Wildman–Crippen LogP) is 6.13. The lowest BCUT2D eigenvalue weighted by Gasteiger charge is -2.33. The third kappa shape index (κ3) is 6.12. The van der Waals surface area contributed by atoms with Crippen LogP contribution in [0.25, 0.3) is 0 Å².